The molecule has 29 heavy (non-hydrogen) atoms. The number of sulfonamides is 1. The lowest BCUT2D eigenvalue weighted by Gasteiger charge is -2.06. The maximum absolute atomic E-state index is 12.5. The Balaban J connectivity index is 1.75. The van der Waals surface area contributed by atoms with Crippen molar-refractivity contribution in [3.63, 3.8) is 0 Å². The van der Waals surface area contributed by atoms with Crippen LogP contribution in [-0.2, 0) is 17.1 Å². The molecule has 0 fully saturated rings. The monoisotopic (exact) mass is 467 g/mol. The van der Waals surface area contributed by atoms with Crippen molar-refractivity contribution < 1.29 is 8.42 Å². The molecule has 146 valence electrons. The summed E-state index contributed by atoms with van der Waals surface area (Å²) in [6, 6.07) is 24.3. The van der Waals surface area contributed by atoms with Gasteiger partial charge in [-0.25, -0.2) is 4.83 Å². The van der Waals surface area contributed by atoms with E-state index in [2.05, 4.69) is 30.4 Å². The minimum absolute atomic E-state index is 0.152. The van der Waals surface area contributed by atoms with Crippen molar-refractivity contribution >= 4 is 43.1 Å². The molecule has 0 unspecified atom stereocenters. The Bertz CT molecular complexity index is 1300. The minimum atomic E-state index is -3.75. The lowest BCUT2D eigenvalue weighted by atomic mass is 10.1. The van der Waals surface area contributed by atoms with E-state index in [4.69, 9.17) is 0 Å². The molecule has 3 aromatic carbocycles. The van der Waals surface area contributed by atoms with Gasteiger partial charge in [0.2, 0.25) is 0 Å². The molecule has 0 aliphatic heterocycles. The Morgan fingerprint density at radius 3 is 2.31 bits per heavy atom. The van der Waals surface area contributed by atoms with E-state index >= 15 is 0 Å². The number of aromatic nitrogens is 1. The van der Waals surface area contributed by atoms with Gasteiger partial charge in [0.05, 0.1) is 16.8 Å². The van der Waals surface area contributed by atoms with Crippen molar-refractivity contribution in [2.24, 2.45) is 12.1 Å². The summed E-state index contributed by atoms with van der Waals surface area (Å²) in [6.07, 6.45) is 1.57. The SMILES string of the molecule is Cn1c(-c2ccccc2)c(C=NNS(=O)(=O)c2ccc(Br)cc2)c2ccccc21. The van der Waals surface area contributed by atoms with Gasteiger partial charge in [0, 0.05) is 28.0 Å². The number of para-hydroxylation sites is 1. The molecule has 0 amide bonds. The molecule has 0 saturated carbocycles. The quantitative estimate of drug-likeness (QED) is 0.334. The van der Waals surface area contributed by atoms with Crippen LogP contribution in [0.15, 0.2) is 93.3 Å². The van der Waals surface area contributed by atoms with E-state index in [0.29, 0.717) is 0 Å². The highest BCUT2D eigenvalue weighted by Crippen LogP contribution is 2.31. The van der Waals surface area contributed by atoms with Crippen LogP contribution in [0.4, 0.5) is 0 Å². The number of nitrogens with one attached hydrogen (secondary N) is 1. The van der Waals surface area contributed by atoms with Crippen molar-refractivity contribution in [3.05, 3.63) is 88.9 Å². The zero-order valence-corrected chi connectivity index (χ0v) is 18.0. The Morgan fingerprint density at radius 1 is 0.931 bits per heavy atom. The van der Waals surface area contributed by atoms with Crippen molar-refractivity contribution in [3.8, 4) is 11.3 Å². The van der Waals surface area contributed by atoms with Gasteiger partial charge in [0.15, 0.2) is 0 Å². The fraction of sp³-hybridized carbons (Fsp3) is 0.0455. The highest BCUT2D eigenvalue weighted by atomic mass is 79.9. The van der Waals surface area contributed by atoms with E-state index in [9.17, 15) is 8.42 Å². The molecule has 0 radical (unpaired) electrons. The average Bonchev–Trinajstić information content (AvgIpc) is 3.01. The van der Waals surface area contributed by atoms with Gasteiger partial charge in [-0.05, 0) is 35.9 Å². The van der Waals surface area contributed by atoms with Gasteiger partial charge < -0.3 is 4.57 Å². The molecule has 5 nitrogen and oxygen atoms in total. The van der Waals surface area contributed by atoms with Gasteiger partial charge in [0.1, 0.15) is 0 Å². The average molecular weight is 468 g/mol. The number of benzene rings is 3. The van der Waals surface area contributed by atoms with E-state index in [-0.39, 0.29) is 4.90 Å². The van der Waals surface area contributed by atoms with Crippen molar-refractivity contribution in [1.82, 2.24) is 9.40 Å². The highest BCUT2D eigenvalue weighted by molar-refractivity contribution is 9.10. The molecule has 0 aliphatic carbocycles. The summed E-state index contributed by atoms with van der Waals surface area (Å²) in [4.78, 5) is 2.46. The van der Waals surface area contributed by atoms with Crippen LogP contribution in [0.5, 0.6) is 0 Å². The van der Waals surface area contributed by atoms with Crippen molar-refractivity contribution in [1.29, 1.82) is 0 Å². The summed E-state index contributed by atoms with van der Waals surface area (Å²) >= 11 is 3.30. The maximum Gasteiger partial charge on any atom is 0.276 e. The summed E-state index contributed by atoms with van der Waals surface area (Å²) in [5.74, 6) is 0. The zero-order chi connectivity index (χ0) is 20.4. The van der Waals surface area contributed by atoms with Crippen LogP contribution in [0.2, 0.25) is 0 Å². The molecule has 0 saturated heterocycles. The molecule has 7 heteroatoms. The number of hydrogen-bond donors (Lipinski definition) is 1. The summed E-state index contributed by atoms with van der Waals surface area (Å²) in [5, 5.41) is 5.07. The molecule has 1 heterocycles. The van der Waals surface area contributed by atoms with Gasteiger partial charge in [-0.2, -0.15) is 13.5 Å². The van der Waals surface area contributed by atoms with Crippen LogP contribution < -0.4 is 4.83 Å². The smallest absolute Gasteiger partial charge is 0.276 e. The molecule has 0 atom stereocenters. The maximum atomic E-state index is 12.5. The second-order valence-electron chi connectivity index (χ2n) is 6.51. The van der Waals surface area contributed by atoms with Crippen LogP contribution in [0.3, 0.4) is 0 Å². The third-order valence-electron chi connectivity index (χ3n) is 4.68. The minimum Gasteiger partial charge on any atom is -0.343 e. The first-order valence-electron chi connectivity index (χ1n) is 8.90. The first-order chi connectivity index (χ1) is 14.0. The first kappa shape index (κ1) is 19.4. The standard InChI is InChI=1S/C22H18BrN3O2S/c1-26-21-10-6-5-9-19(21)20(22(26)16-7-3-2-4-8-16)15-24-25-29(27,28)18-13-11-17(23)12-14-18/h2-15,25H,1H3. The number of hydrogen-bond acceptors (Lipinski definition) is 3. The number of rotatable bonds is 5. The molecule has 4 rings (SSSR count). The molecule has 4 aromatic rings. The number of halogens is 1. The van der Waals surface area contributed by atoms with Crippen LogP contribution in [0.25, 0.3) is 22.2 Å². The van der Waals surface area contributed by atoms with Crippen molar-refractivity contribution in [2.45, 2.75) is 4.90 Å². The highest BCUT2D eigenvalue weighted by Gasteiger charge is 2.16. The third kappa shape index (κ3) is 3.83. The molecule has 0 spiro atoms. The first-order valence-corrected chi connectivity index (χ1v) is 11.2. The molecule has 1 N–H and O–H groups in total. The molecule has 0 bridgehead atoms. The number of hydrazone groups is 1. The molecular formula is C22H18BrN3O2S. The van der Waals surface area contributed by atoms with E-state index in [1.54, 1.807) is 18.3 Å². The second kappa shape index (κ2) is 7.85. The Labute approximate surface area is 177 Å². The largest absolute Gasteiger partial charge is 0.343 e. The van der Waals surface area contributed by atoms with Gasteiger partial charge in [-0.15, -0.1) is 0 Å². The fourth-order valence-corrected chi connectivity index (χ4v) is 4.38. The fourth-order valence-electron chi connectivity index (χ4n) is 3.33. The lowest BCUT2D eigenvalue weighted by Crippen LogP contribution is -2.18. The normalized spacial score (nSPS) is 11.9. The van der Waals surface area contributed by atoms with Gasteiger partial charge >= 0.3 is 0 Å². The van der Waals surface area contributed by atoms with E-state index in [1.165, 1.54) is 12.1 Å². The number of fused-ring (bicyclic) bond motifs is 1. The summed E-state index contributed by atoms with van der Waals surface area (Å²) in [7, 11) is -1.75. The predicted octanol–water partition coefficient (Wildman–Crippen LogP) is 4.92. The Morgan fingerprint density at radius 2 is 1.59 bits per heavy atom. The molecule has 0 aliphatic rings. The topological polar surface area (TPSA) is 63.5 Å². The summed E-state index contributed by atoms with van der Waals surface area (Å²) in [6.45, 7) is 0. The molecular weight excluding hydrogens is 450 g/mol. The van der Waals surface area contributed by atoms with Gasteiger partial charge in [0.25, 0.3) is 10.0 Å². The second-order valence-corrected chi connectivity index (χ2v) is 9.09. The number of nitrogens with zero attached hydrogens (tertiary/aromatic N) is 2. The van der Waals surface area contributed by atoms with Gasteiger partial charge in [-0.3, -0.25) is 0 Å². The Hall–Kier alpha value is -2.90. The van der Waals surface area contributed by atoms with E-state index < -0.39 is 10.0 Å². The van der Waals surface area contributed by atoms with E-state index in [0.717, 1.165) is 32.2 Å². The third-order valence-corrected chi connectivity index (χ3v) is 6.45. The van der Waals surface area contributed by atoms with Crippen molar-refractivity contribution in [2.75, 3.05) is 0 Å². The lowest BCUT2D eigenvalue weighted by molar-refractivity contribution is 0.584. The number of aryl methyl sites for hydroxylation is 1. The summed E-state index contributed by atoms with van der Waals surface area (Å²) < 4.78 is 27.9. The Kier molecular flexibility index (Phi) is 5.25. The predicted molar refractivity (Wildman–Crippen MR) is 120 cm³/mol. The molecule has 1 aromatic heterocycles. The zero-order valence-electron chi connectivity index (χ0n) is 15.6. The summed E-state index contributed by atoms with van der Waals surface area (Å²) in [5.41, 5.74) is 3.90. The van der Waals surface area contributed by atoms with E-state index in [1.807, 2.05) is 61.6 Å². The van der Waals surface area contributed by atoms with Crippen LogP contribution in [0, 0.1) is 0 Å². The van der Waals surface area contributed by atoms with Crippen LogP contribution in [-0.4, -0.2) is 19.2 Å². The van der Waals surface area contributed by atoms with Gasteiger partial charge in [-0.1, -0.05) is 64.5 Å². The van der Waals surface area contributed by atoms with Crippen LogP contribution in [0.1, 0.15) is 5.56 Å². The van der Waals surface area contributed by atoms with Crippen LogP contribution >= 0.6 is 15.9 Å².